The highest BCUT2D eigenvalue weighted by atomic mass is 32.1. The fourth-order valence-corrected chi connectivity index (χ4v) is 2.39. The van der Waals surface area contributed by atoms with Gasteiger partial charge in [0, 0.05) is 30.1 Å². The van der Waals surface area contributed by atoms with E-state index in [1.165, 1.54) is 18.5 Å². The Morgan fingerprint density at radius 2 is 2.36 bits per heavy atom. The van der Waals surface area contributed by atoms with Crippen molar-refractivity contribution in [1.82, 2.24) is 14.8 Å². The highest BCUT2D eigenvalue weighted by Crippen LogP contribution is 2.41. The van der Waals surface area contributed by atoms with E-state index >= 15 is 0 Å². The van der Waals surface area contributed by atoms with Gasteiger partial charge in [-0.15, -0.1) is 11.3 Å². The van der Waals surface area contributed by atoms with Gasteiger partial charge in [-0.05, 0) is 12.8 Å². The maximum atomic E-state index is 4.62. The third-order valence-corrected chi connectivity index (χ3v) is 3.38. The van der Waals surface area contributed by atoms with Crippen LogP contribution in [-0.2, 0) is 7.05 Å². The van der Waals surface area contributed by atoms with E-state index in [1.807, 2.05) is 24.1 Å². The molecule has 0 N–H and O–H groups in total. The third kappa shape index (κ3) is 1.35. The van der Waals surface area contributed by atoms with Gasteiger partial charge in [0.05, 0.1) is 11.9 Å². The number of aryl methyl sites for hydroxylation is 1. The van der Waals surface area contributed by atoms with Gasteiger partial charge in [-0.2, -0.15) is 5.10 Å². The Morgan fingerprint density at radius 3 is 3.00 bits per heavy atom. The van der Waals surface area contributed by atoms with Crippen molar-refractivity contribution in [3.63, 3.8) is 0 Å². The maximum absolute atomic E-state index is 4.62. The zero-order chi connectivity index (χ0) is 9.54. The van der Waals surface area contributed by atoms with Crippen LogP contribution in [-0.4, -0.2) is 14.8 Å². The third-order valence-electron chi connectivity index (χ3n) is 2.47. The molecular formula is C10H11N3S. The van der Waals surface area contributed by atoms with E-state index in [2.05, 4.69) is 15.5 Å². The number of hydrogen-bond donors (Lipinski definition) is 0. The van der Waals surface area contributed by atoms with E-state index in [0.29, 0.717) is 0 Å². The molecular weight excluding hydrogens is 194 g/mol. The number of hydrogen-bond acceptors (Lipinski definition) is 3. The van der Waals surface area contributed by atoms with Crippen LogP contribution in [0, 0.1) is 0 Å². The molecule has 2 heterocycles. The van der Waals surface area contributed by atoms with E-state index in [9.17, 15) is 0 Å². The zero-order valence-corrected chi connectivity index (χ0v) is 8.79. The molecule has 3 nitrogen and oxygen atoms in total. The van der Waals surface area contributed by atoms with Crippen LogP contribution in [0.2, 0.25) is 0 Å². The first-order valence-corrected chi connectivity index (χ1v) is 5.65. The summed E-state index contributed by atoms with van der Waals surface area (Å²) in [5.41, 5.74) is 2.40. The number of nitrogens with zero attached hydrogens (tertiary/aromatic N) is 3. The van der Waals surface area contributed by atoms with Crippen LogP contribution in [0.15, 0.2) is 17.8 Å². The standard InChI is InChI=1S/C10H11N3S/c1-13-5-8(4-11-13)10-12-9(6-14-10)7-2-3-7/h4-7H,2-3H2,1H3. The highest BCUT2D eigenvalue weighted by molar-refractivity contribution is 7.13. The lowest BCUT2D eigenvalue weighted by atomic mass is 10.3. The van der Waals surface area contributed by atoms with E-state index < -0.39 is 0 Å². The van der Waals surface area contributed by atoms with Crippen molar-refractivity contribution in [2.75, 3.05) is 0 Å². The minimum Gasteiger partial charge on any atom is -0.275 e. The molecule has 0 atom stereocenters. The summed E-state index contributed by atoms with van der Waals surface area (Å²) in [5, 5.41) is 7.42. The second-order valence-electron chi connectivity index (χ2n) is 3.75. The van der Waals surface area contributed by atoms with Gasteiger partial charge in [-0.1, -0.05) is 0 Å². The predicted octanol–water partition coefficient (Wildman–Crippen LogP) is 2.42. The summed E-state index contributed by atoms with van der Waals surface area (Å²) in [6.07, 6.45) is 6.51. The van der Waals surface area contributed by atoms with Gasteiger partial charge in [0.1, 0.15) is 5.01 Å². The molecule has 3 rings (SSSR count). The molecule has 72 valence electrons. The normalized spacial score (nSPS) is 16.1. The summed E-state index contributed by atoms with van der Waals surface area (Å²) in [6, 6.07) is 0. The predicted molar refractivity (Wildman–Crippen MR) is 56.3 cm³/mol. The molecule has 1 aliphatic carbocycles. The van der Waals surface area contributed by atoms with Crippen LogP contribution in [0.25, 0.3) is 10.6 Å². The fraction of sp³-hybridized carbons (Fsp3) is 0.400. The smallest absolute Gasteiger partial charge is 0.126 e. The van der Waals surface area contributed by atoms with Gasteiger partial charge in [0.2, 0.25) is 0 Å². The number of thiazole rings is 1. The molecule has 0 spiro atoms. The largest absolute Gasteiger partial charge is 0.275 e. The van der Waals surface area contributed by atoms with Gasteiger partial charge in [0.15, 0.2) is 0 Å². The Kier molecular flexibility index (Phi) is 1.70. The van der Waals surface area contributed by atoms with Crippen molar-refractivity contribution in [2.45, 2.75) is 18.8 Å². The van der Waals surface area contributed by atoms with E-state index in [0.717, 1.165) is 16.5 Å². The van der Waals surface area contributed by atoms with Crippen molar-refractivity contribution in [2.24, 2.45) is 7.05 Å². The monoisotopic (exact) mass is 205 g/mol. The molecule has 1 aliphatic rings. The number of rotatable bonds is 2. The second-order valence-corrected chi connectivity index (χ2v) is 4.61. The molecule has 0 unspecified atom stereocenters. The quantitative estimate of drug-likeness (QED) is 0.753. The lowest BCUT2D eigenvalue weighted by Crippen LogP contribution is -1.84. The first-order chi connectivity index (χ1) is 6.83. The minimum absolute atomic E-state index is 0.747. The van der Waals surface area contributed by atoms with Crippen LogP contribution < -0.4 is 0 Å². The molecule has 2 aromatic rings. The molecule has 1 fully saturated rings. The molecule has 0 aliphatic heterocycles. The van der Waals surface area contributed by atoms with Gasteiger partial charge in [-0.3, -0.25) is 4.68 Å². The Balaban J connectivity index is 1.95. The van der Waals surface area contributed by atoms with Gasteiger partial charge >= 0.3 is 0 Å². The molecule has 14 heavy (non-hydrogen) atoms. The lowest BCUT2D eigenvalue weighted by Gasteiger charge is -1.88. The van der Waals surface area contributed by atoms with Crippen molar-refractivity contribution >= 4 is 11.3 Å². The van der Waals surface area contributed by atoms with Crippen molar-refractivity contribution in [3.8, 4) is 10.6 Å². The summed E-state index contributed by atoms with van der Waals surface area (Å²) in [5.74, 6) is 0.747. The fourth-order valence-electron chi connectivity index (χ4n) is 1.52. The molecule has 4 heteroatoms. The molecule has 0 saturated heterocycles. The molecule has 1 saturated carbocycles. The Hall–Kier alpha value is -1.16. The first kappa shape index (κ1) is 8.17. The SMILES string of the molecule is Cn1cc(-c2nc(C3CC3)cs2)cn1. The Labute approximate surface area is 86.4 Å². The Bertz CT molecular complexity index is 453. The van der Waals surface area contributed by atoms with E-state index in [1.54, 1.807) is 11.3 Å². The first-order valence-electron chi connectivity index (χ1n) is 4.77. The molecule has 0 amide bonds. The van der Waals surface area contributed by atoms with Gasteiger partial charge < -0.3 is 0 Å². The lowest BCUT2D eigenvalue weighted by molar-refractivity contribution is 0.768. The van der Waals surface area contributed by atoms with E-state index in [-0.39, 0.29) is 0 Å². The Morgan fingerprint density at radius 1 is 1.50 bits per heavy atom. The van der Waals surface area contributed by atoms with E-state index in [4.69, 9.17) is 0 Å². The molecule has 0 radical (unpaired) electrons. The topological polar surface area (TPSA) is 30.7 Å². The molecule has 0 bridgehead atoms. The average molecular weight is 205 g/mol. The molecule has 0 aromatic carbocycles. The van der Waals surface area contributed by atoms with Crippen LogP contribution in [0.4, 0.5) is 0 Å². The van der Waals surface area contributed by atoms with Crippen molar-refractivity contribution in [3.05, 3.63) is 23.5 Å². The highest BCUT2D eigenvalue weighted by Gasteiger charge is 2.26. The maximum Gasteiger partial charge on any atom is 0.126 e. The molecule has 2 aromatic heterocycles. The van der Waals surface area contributed by atoms with Crippen LogP contribution in [0.1, 0.15) is 24.5 Å². The van der Waals surface area contributed by atoms with Gasteiger partial charge in [-0.25, -0.2) is 4.98 Å². The summed E-state index contributed by atoms with van der Waals surface area (Å²) in [6.45, 7) is 0. The second kappa shape index (κ2) is 2.92. The van der Waals surface area contributed by atoms with Crippen molar-refractivity contribution in [1.29, 1.82) is 0 Å². The summed E-state index contributed by atoms with van der Waals surface area (Å²) in [4.78, 5) is 4.62. The zero-order valence-electron chi connectivity index (χ0n) is 7.97. The van der Waals surface area contributed by atoms with Crippen LogP contribution in [0.3, 0.4) is 0 Å². The summed E-state index contributed by atoms with van der Waals surface area (Å²) < 4.78 is 1.81. The minimum atomic E-state index is 0.747. The van der Waals surface area contributed by atoms with Crippen LogP contribution >= 0.6 is 11.3 Å². The average Bonchev–Trinajstić information content (AvgIpc) is 2.76. The number of aromatic nitrogens is 3. The summed E-state index contributed by atoms with van der Waals surface area (Å²) in [7, 11) is 1.93. The summed E-state index contributed by atoms with van der Waals surface area (Å²) >= 11 is 1.72. The van der Waals surface area contributed by atoms with Crippen molar-refractivity contribution < 1.29 is 0 Å². The van der Waals surface area contributed by atoms with Gasteiger partial charge in [0.25, 0.3) is 0 Å². The van der Waals surface area contributed by atoms with Crippen LogP contribution in [0.5, 0.6) is 0 Å².